The largest absolute Gasteiger partial charge is 0.394 e. The molecule has 0 radical (unpaired) electrons. The van der Waals surface area contributed by atoms with Crippen molar-refractivity contribution in [1.29, 1.82) is 0 Å². The van der Waals surface area contributed by atoms with Crippen LogP contribution in [0.5, 0.6) is 0 Å². The molecule has 0 aromatic heterocycles. The molecule has 2 saturated heterocycles. The molecule has 42 heavy (non-hydrogen) atoms. The second-order valence-corrected chi connectivity index (χ2v) is 14.8. The molecule has 5 fully saturated rings. The van der Waals surface area contributed by atoms with E-state index < -0.39 is 37.3 Å². The van der Waals surface area contributed by atoms with Gasteiger partial charge in [0, 0.05) is 18.9 Å². The maximum Gasteiger partial charge on any atom is 0.186 e. The summed E-state index contributed by atoms with van der Waals surface area (Å²) in [4.78, 5) is 13.8. The van der Waals surface area contributed by atoms with Gasteiger partial charge in [0.15, 0.2) is 6.29 Å². The number of ether oxygens (including phenoxy) is 3. The van der Waals surface area contributed by atoms with Gasteiger partial charge in [-0.15, -0.1) is 0 Å². The van der Waals surface area contributed by atoms with Crippen molar-refractivity contribution >= 4 is 5.78 Å². The molecule has 6 rings (SSSR count). The number of hydrogen-bond donors (Lipinski definition) is 5. The van der Waals surface area contributed by atoms with Crippen LogP contribution in [0.2, 0.25) is 0 Å². The summed E-state index contributed by atoms with van der Waals surface area (Å²) in [5, 5.41) is 44.0. The summed E-state index contributed by atoms with van der Waals surface area (Å²) in [5.41, 5.74) is 2.67. The first-order valence-electron chi connectivity index (χ1n) is 16.6. The zero-order chi connectivity index (χ0) is 30.0. The Kier molecular flexibility index (Phi) is 8.72. The highest BCUT2D eigenvalue weighted by Gasteiger charge is 2.61. The Morgan fingerprint density at radius 3 is 2.52 bits per heavy atom. The maximum atomic E-state index is 13.8. The Morgan fingerprint density at radius 1 is 1.02 bits per heavy atom. The fraction of sp³-hybridized carbons (Fsp3) is 0.909. The van der Waals surface area contributed by atoms with Crippen molar-refractivity contribution in [3.8, 4) is 0 Å². The van der Waals surface area contributed by atoms with Crippen LogP contribution in [0.3, 0.4) is 0 Å². The van der Waals surface area contributed by atoms with Crippen molar-refractivity contribution < 1.29 is 39.4 Å². The van der Waals surface area contributed by atoms with Crippen LogP contribution in [0.1, 0.15) is 85.5 Å². The van der Waals surface area contributed by atoms with Crippen LogP contribution in [0, 0.1) is 35.0 Å². The maximum absolute atomic E-state index is 13.8. The van der Waals surface area contributed by atoms with Gasteiger partial charge in [0.25, 0.3) is 0 Å². The summed E-state index contributed by atoms with van der Waals surface area (Å²) in [6, 6.07) is 0. The molecule has 6 aliphatic rings. The lowest BCUT2D eigenvalue weighted by atomic mass is 9.51. The molecule has 0 aromatic carbocycles. The van der Waals surface area contributed by atoms with Gasteiger partial charge in [-0.05, 0) is 99.5 Å². The molecule has 238 valence electrons. The van der Waals surface area contributed by atoms with Crippen molar-refractivity contribution in [2.24, 2.45) is 35.0 Å². The lowest BCUT2D eigenvalue weighted by molar-refractivity contribution is -0.315. The van der Waals surface area contributed by atoms with Crippen LogP contribution in [0.25, 0.3) is 0 Å². The highest BCUT2D eigenvalue weighted by atomic mass is 16.7. The Morgan fingerprint density at radius 2 is 1.81 bits per heavy atom. The molecule has 14 atom stereocenters. The molecule has 3 saturated carbocycles. The van der Waals surface area contributed by atoms with Crippen LogP contribution in [0.15, 0.2) is 11.1 Å². The SMILES string of the molecule is CC[C@]1(O[C@H]2CNC[C@@H](C)C2)CC[C@@H]2C(=C1C)C[C@H]1[C@H]2CC(=O)[C@H]2C[C@@H](OC3OC(CO)C(O)C(O)C3O)CC[C@@]21C. The molecule has 9 nitrogen and oxygen atoms in total. The number of nitrogens with one attached hydrogen (secondary N) is 1. The van der Waals surface area contributed by atoms with E-state index >= 15 is 0 Å². The minimum absolute atomic E-state index is 0.113. The van der Waals surface area contributed by atoms with Crippen molar-refractivity contribution in [3.63, 3.8) is 0 Å². The van der Waals surface area contributed by atoms with Crippen LogP contribution in [0.4, 0.5) is 0 Å². The van der Waals surface area contributed by atoms with Gasteiger partial charge in [0.1, 0.15) is 30.2 Å². The fourth-order valence-electron chi connectivity index (χ4n) is 10.1. The lowest BCUT2D eigenvalue weighted by Gasteiger charge is -2.53. The molecule has 0 amide bonds. The van der Waals surface area contributed by atoms with E-state index in [0.717, 1.165) is 58.0 Å². The van der Waals surface area contributed by atoms with Crippen LogP contribution in [-0.2, 0) is 19.0 Å². The molecular formula is C33H53NO8. The summed E-state index contributed by atoms with van der Waals surface area (Å²) in [6.45, 7) is 10.7. The number of ketones is 1. The Hall–Kier alpha value is -0.910. The van der Waals surface area contributed by atoms with E-state index in [0.29, 0.717) is 42.3 Å². The summed E-state index contributed by atoms with van der Waals surface area (Å²) in [7, 11) is 0. The van der Waals surface area contributed by atoms with Crippen molar-refractivity contribution in [2.75, 3.05) is 19.7 Å². The summed E-state index contributed by atoms with van der Waals surface area (Å²) in [6.07, 6.45) is 1.47. The van der Waals surface area contributed by atoms with E-state index in [2.05, 4.69) is 33.0 Å². The number of piperidine rings is 1. The lowest BCUT2D eigenvalue weighted by Crippen LogP contribution is -2.60. The molecule has 4 aliphatic carbocycles. The van der Waals surface area contributed by atoms with Gasteiger partial charge in [-0.25, -0.2) is 0 Å². The summed E-state index contributed by atoms with van der Waals surface area (Å²) in [5.74, 6) is 2.13. The second-order valence-electron chi connectivity index (χ2n) is 14.8. The van der Waals surface area contributed by atoms with Gasteiger partial charge in [-0.2, -0.15) is 0 Å². The predicted molar refractivity (Wildman–Crippen MR) is 155 cm³/mol. The molecule has 2 aliphatic heterocycles. The summed E-state index contributed by atoms with van der Waals surface area (Å²) >= 11 is 0. The van der Waals surface area contributed by atoms with Gasteiger partial charge in [0.2, 0.25) is 0 Å². The standard InChI is InChI=1S/C33H53NO8/c1-5-33(42-20-10-17(2)14-34-15-20)9-7-21-22(18(33)3)12-24-23(21)13-26(36)25-11-19(6-8-32(24,25)4)40-31-30(39)29(38)28(37)27(16-35)41-31/h17,19-21,23-25,27-31,34-35,37-39H,5-16H2,1-4H3/t17-,19-,20+,21+,23-,24-,25+,27?,28?,29?,30?,31?,32+,33-/m0/s1. The monoisotopic (exact) mass is 591 g/mol. The second kappa shape index (κ2) is 11.8. The van der Waals surface area contributed by atoms with Crippen molar-refractivity contribution in [3.05, 3.63) is 11.1 Å². The Bertz CT molecular complexity index is 1050. The third-order valence-electron chi connectivity index (χ3n) is 12.6. The number of fused-ring (bicyclic) bond motifs is 5. The van der Waals surface area contributed by atoms with Gasteiger partial charge < -0.3 is 40.0 Å². The quantitative estimate of drug-likeness (QED) is 0.233. The van der Waals surface area contributed by atoms with Crippen LogP contribution in [-0.4, -0.2) is 94.4 Å². The first kappa shape index (κ1) is 31.1. The minimum atomic E-state index is -1.47. The number of Topliss-reactive ketones (excluding diaryl/α,β-unsaturated/α-hetero) is 1. The first-order chi connectivity index (χ1) is 20.0. The van der Waals surface area contributed by atoms with E-state index in [1.165, 1.54) is 5.57 Å². The normalized spacial score (nSPS) is 51.2. The molecule has 5 N–H and O–H groups in total. The Balaban J connectivity index is 1.18. The highest BCUT2D eigenvalue weighted by molar-refractivity contribution is 5.83. The third kappa shape index (κ3) is 5.14. The number of aliphatic hydroxyl groups is 4. The fourth-order valence-corrected chi connectivity index (χ4v) is 10.1. The van der Waals surface area contributed by atoms with E-state index in [1.54, 1.807) is 5.57 Å². The van der Waals surface area contributed by atoms with Crippen LogP contribution >= 0.6 is 0 Å². The topological polar surface area (TPSA) is 138 Å². The number of hydrogen-bond acceptors (Lipinski definition) is 9. The van der Waals surface area contributed by atoms with E-state index in [-0.39, 0.29) is 29.1 Å². The molecule has 0 bridgehead atoms. The zero-order valence-corrected chi connectivity index (χ0v) is 25.8. The van der Waals surface area contributed by atoms with Gasteiger partial charge in [-0.3, -0.25) is 4.79 Å². The molecule has 0 aromatic rings. The van der Waals surface area contributed by atoms with Gasteiger partial charge in [0.05, 0.1) is 24.4 Å². The van der Waals surface area contributed by atoms with Gasteiger partial charge >= 0.3 is 0 Å². The summed E-state index contributed by atoms with van der Waals surface area (Å²) < 4.78 is 18.8. The van der Waals surface area contributed by atoms with Gasteiger partial charge in [-0.1, -0.05) is 26.3 Å². The van der Waals surface area contributed by atoms with E-state index in [1.807, 2.05) is 0 Å². The van der Waals surface area contributed by atoms with E-state index in [9.17, 15) is 25.2 Å². The molecule has 5 unspecified atom stereocenters. The first-order valence-corrected chi connectivity index (χ1v) is 16.6. The van der Waals surface area contributed by atoms with E-state index in [4.69, 9.17) is 14.2 Å². The Labute approximate surface area is 250 Å². The molecule has 0 spiro atoms. The molecular weight excluding hydrogens is 538 g/mol. The molecule has 2 heterocycles. The number of aliphatic hydroxyl groups excluding tert-OH is 4. The highest BCUT2D eigenvalue weighted by Crippen LogP contribution is 2.65. The van der Waals surface area contributed by atoms with Crippen molar-refractivity contribution in [1.82, 2.24) is 5.32 Å². The van der Waals surface area contributed by atoms with Crippen LogP contribution < -0.4 is 5.32 Å². The smallest absolute Gasteiger partial charge is 0.186 e. The number of allylic oxidation sites excluding steroid dienone is 1. The van der Waals surface area contributed by atoms with Crippen molar-refractivity contribution in [2.45, 2.75) is 134 Å². The molecule has 9 heteroatoms. The average Bonchev–Trinajstić information content (AvgIpc) is 3.35. The number of carbonyl (C=O) groups excluding carboxylic acids is 1. The number of rotatable bonds is 6. The number of carbonyl (C=O) groups is 1. The third-order valence-corrected chi connectivity index (χ3v) is 12.6. The predicted octanol–water partition coefficient (Wildman–Crippen LogP) is 2.48. The zero-order valence-electron chi connectivity index (χ0n) is 25.8. The minimum Gasteiger partial charge on any atom is -0.394 e. The average molecular weight is 592 g/mol.